The second-order valence-electron chi connectivity index (χ2n) is 9.80. The first-order chi connectivity index (χ1) is 19.8. The molecule has 0 aromatic heterocycles. The third-order valence-electron chi connectivity index (χ3n) is 6.89. The summed E-state index contributed by atoms with van der Waals surface area (Å²) in [6.45, 7) is 4.86. The number of carbonyl (C=O) groups is 3. The molecule has 3 aromatic carbocycles. The standard InChI is InChI=1S/C31H34Cl2N4O4/c1-21-20-29(37(22(2)38)25-12-10-24(33)11-13-25)27-6-3-4-7-28(27)36(21)30(39)23-8-14-26(15-9-23)41-19-5-17-34-31(40)35-18-16-32/h3-4,6-15,21,29H,5,16-20H2,1-2H3,(H2,34,35,40)/t21-,29+/m0/s1. The van der Waals surface area contributed by atoms with Gasteiger partial charge in [-0.2, -0.15) is 0 Å². The van der Waals surface area contributed by atoms with Gasteiger partial charge in [0.15, 0.2) is 0 Å². The van der Waals surface area contributed by atoms with E-state index in [-0.39, 0.29) is 29.9 Å². The van der Waals surface area contributed by atoms with Gasteiger partial charge >= 0.3 is 6.03 Å². The first kappa shape index (κ1) is 30.2. The lowest BCUT2D eigenvalue weighted by Crippen LogP contribution is -2.47. The van der Waals surface area contributed by atoms with E-state index in [1.807, 2.05) is 48.2 Å². The van der Waals surface area contributed by atoms with E-state index in [0.29, 0.717) is 54.8 Å². The molecule has 1 aliphatic heterocycles. The quantitative estimate of drug-likeness (QED) is 0.216. The average molecular weight is 598 g/mol. The van der Waals surface area contributed by atoms with Crippen LogP contribution in [0.25, 0.3) is 0 Å². The number of nitrogens with one attached hydrogen (secondary N) is 2. The number of fused-ring (bicyclic) bond motifs is 1. The number of benzene rings is 3. The molecule has 0 aliphatic carbocycles. The largest absolute Gasteiger partial charge is 0.494 e. The van der Waals surface area contributed by atoms with E-state index < -0.39 is 0 Å². The van der Waals surface area contributed by atoms with Crippen LogP contribution in [0.15, 0.2) is 72.8 Å². The molecule has 8 nitrogen and oxygen atoms in total. The number of rotatable bonds is 10. The van der Waals surface area contributed by atoms with Crippen molar-refractivity contribution in [3.63, 3.8) is 0 Å². The van der Waals surface area contributed by atoms with Gasteiger partial charge in [0, 0.05) is 53.9 Å². The van der Waals surface area contributed by atoms with E-state index in [1.165, 1.54) is 0 Å². The van der Waals surface area contributed by atoms with Crippen molar-refractivity contribution in [3.8, 4) is 5.75 Å². The fourth-order valence-corrected chi connectivity index (χ4v) is 5.26. The zero-order valence-electron chi connectivity index (χ0n) is 23.1. The molecule has 0 spiro atoms. The number of amides is 4. The number of urea groups is 1. The van der Waals surface area contributed by atoms with Crippen LogP contribution in [-0.4, -0.2) is 49.5 Å². The molecule has 4 amide bonds. The second-order valence-corrected chi connectivity index (χ2v) is 10.6. The van der Waals surface area contributed by atoms with Crippen LogP contribution in [-0.2, 0) is 4.79 Å². The molecule has 216 valence electrons. The highest BCUT2D eigenvalue weighted by atomic mass is 35.5. The summed E-state index contributed by atoms with van der Waals surface area (Å²) in [6, 6.07) is 21.4. The van der Waals surface area contributed by atoms with Gasteiger partial charge in [0.1, 0.15) is 5.75 Å². The number of halogens is 2. The van der Waals surface area contributed by atoms with Gasteiger partial charge in [-0.3, -0.25) is 9.59 Å². The van der Waals surface area contributed by atoms with Crippen LogP contribution in [0.2, 0.25) is 5.02 Å². The van der Waals surface area contributed by atoms with Crippen molar-refractivity contribution < 1.29 is 19.1 Å². The van der Waals surface area contributed by atoms with Gasteiger partial charge in [0.05, 0.1) is 12.6 Å². The number of para-hydroxylation sites is 1. The monoisotopic (exact) mass is 596 g/mol. The first-order valence-corrected chi connectivity index (χ1v) is 14.5. The second kappa shape index (κ2) is 14.2. The van der Waals surface area contributed by atoms with Gasteiger partial charge in [-0.1, -0.05) is 29.8 Å². The topological polar surface area (TPSA) is 91.0 Å². The molecule has 0 saturated carbocycles. The fraction of sp³-hybridized carbons (Fsp3) is 0.323. The molecular weight excluding hydrogens is 563 g/mol. The van der Waals surface area contributed by atoms with E-state index in [1.54, 1.807) is 48.2 Å². The number of hydrogen-bond acceptors (Lipinski definition) is 4. The number of anilines is 2. The zero-order chi connectivity index (χ0) is 29.4. The highest BCUT2D eigenvalue weighted by Gasteiger charge is 2.38. The molecule has 0 bridgehead atoms. The summed E-state index contributed by atoms with van der Waals surface area (Å²) in [7, 11) is 0. The molecule has 3 aromatic rings. The molecule has 1 heterocycles. The van der Waals surface area contributed by atoms with E-state index in [0.717, 1.165) is 16.9 Å². The molecule has 4 rings (SSSR count). The van der Waals surface area contributed by atoms with E-state index in [9.17, 15) is 14.4 Å². The third kappa shape index (κ3) is 7.51. The number of hydrogen-bond donors (Lipinski definition) is 2. The maximum Gasteiger partial charge on any atom is 0.314 e. The molecule has 2 N–H and O–H groups in total. The summed E-state index contributed by atoms with van der Waals surface area (Å²) in [5.74, 6) is 0.796. The minimum absolute atomic E-state index is 0.0833. The highest BCUT2D eigenvalue weighted by molar-refractivity contribution is 6.30. The minimum Gasteiger partial charge on any atom is -0.494 e. The number of carbonyl (C=O) groups excluding carboxylic acids is 3. The Balaban J connectivity index is 1.45. The van der Waals surface area contributed by atoms with Crippen LogP contribution in [0.1, 0.15) is 48.7 Å². The van der Waals surface area contributed by atoms with Crippen LogP contribution in [0.3, 0.4) is 0 Å². The molecular formula is C31H34Cl2N4O4. The first-order valence-electron chi connectivity index (χ1n) is 13.6. The number of alkyl halides is 1. The smallest absolute Gasteiger partial charge is 0.314 e. The van der Waals surface area contributed by atoms with E-state index >= 15 is 0 Å². The van der Waals surface area contributed by atoms with Gasteiger partial charge in [0.25, 0.3) is 5.91 Å². The zero-order valence-corrected chi connectivity index (χ0v) is 24.6. The fourth-order valence-electron chi connectivity index (χ4n) is 5.04. The summed E-state index contributed by atoms with van der Waals surface area (Å²) in [5.41, 5.74) is 2.99. The number of nitrogens with zero attached hydrogens (tertiary/aromatic N) is 2. The van der Waals surface area contributed by atoms with Gasteiger partial charge in [-0.05, 0) is 79.9 Å². The lowest BCUT2D eigenvalue weighted by Gasteiger charge is -2.43. The molecule has 2 atom stereocenters. The van der Waals surface area contributed by atoms with Gasteiger partial charge in [0.2, 0.25) is 5.91 Å². The Kier molecular flexibility index (Phi) is 10.5. The Labute approximate surface area is 250 Å². The van der Waals surface area contributed by atoms with Gasteiger partial charge < -0.3 is 25.2 Å². The summed E-state index contributed by atoms with van der Waals surface area (Å²) in [6.07, 6.45) is 1.20. The van der Waals surface area contributed by atoms with E-state index in [2.05, 4.69) is 10.6 Å². The maximum absolute atomic E-state index is 13.8. The predicted octanol–water partition coefficient (Wildman–Crippen LogP) is 6.18. The van der Waals surface area contributed by atoms with Crippen LogP contribution in [0, 0.1) is 0 Å². The van der Waals surface area contributed by atoms with Crippen LogP contribution < -0.4 is 25.2 Å². The highest BCUT2D eigenvalue weighted by Crippen LogP contribution is 2.43. The Hall–Kier alpha value is -3.75. The van der Waals surface area contributed by atoms with Crippen molar-refractivity contribution in [2.45, 2.75) is 38.8 Å². The molecule has 0 saturated heterocycles. The number of ether oxygens (including phenoxy) is 1. The third-order valence-corrected chi connectivity index (χ3v) is 7.33. The van der Waals surface area contributed by atoms with Crippen LogP contribution in [0.5, 0.6) is 5.75 Å². The van der Waals surface area contributed by atoms with Crippen molar-refractivity contribution in [1.29, 1.82) is 0 Å². The molecule has 0 fully saturated rings. The Morgan fingerprint density at radius 3 is 2.34 bits per heavy atom. The Bertz CT molecular complexity index is 1350. The Morgan fingerprint density at radius 2 is 1.66 bits per heavy atom. The lowest BCUT2D eigenvalue weighted by molar-refractivity contribution is -0.117. The van der Waals surface area contributed by atoms with Crippen molar-refractivity contribution in [3.05, 3.63) is 88.9 Å². The van der Waals surface area contributed by atoms with Crippen LogP contribution >= 0.6 is 23.2 Å². The van der Waals surface area contributed by atoms with Gasteiger partial charge in [-0.15, -0.1) is 11.6 Å². The van der Waals surface area contributed by atoms with Gasteiger partial charge in [-0.25, -0.2) is 4.79 Å². The molecule has 10 heteroatoms. The van der Waals surface area contributed by atoms with E-state index in [4.69, 9.17) is 27.9 Å². The SMILES string of the molecule is CC(=O)N(c1ccc(Cl)cc1)[C@@H]1C[C@H](C)N(C(=O)c2ccc(OCCCNC(=O)NCCCl)cc2)c2ccccc21. The maximum atomic E-state index is 13.8. The molecule has 0 unspecified atom stereocenters. The lowest BCUT2D eigenvalue weighted by atomic mass is 9.89. The minimum atomic E-state index is -0.257. The summed E-state index contributed by atoms with van der Waals surface area (Å²) < 4.78 is 5.78. The summed E-state index contributed by atoms with van der Waals surface area (Å²) in [5, 5.41) is 5.97. The van der Waals surface area contributed by atoms with Crippen molar-refractivity contribution in [2.75, 3.05) is 35.4 Å². The van der Waals surface area contributed by atoms with Crippen molar-refractivity contribution >= 4 is 52.4 Å². The van der Waals surface area contributed by atoms with Crippen LogP contribution in [0.4, 0.5) is 16.2 Å². The Morgan fingerprint density at radius 1 is 0.976 bits per heavy atom. The molecule has 1 aliphatic rings. The van der Waals surface area contributed by atoms with Crippen molar-refractivity contribution in [2.24, 2.45) is 0 Å². The summed E-state index contributed by atoms with van der Waals surface area (Å²) >= 11 is 11.6. The predicted molar refractivity (Wildman–Crippen MR) is 163 cm³/mol. The summed E-state index contributed by atoms with van der Waals surface area (Å²) in [4.78, 5) is 41.8. The normalized spacial score (nSPS) is 16.0. The van der Waals surface area contributed by atoms with Crippen molar-refractivity contribution in [1.82, 2.24) is 10.6 Å². The molecule has 41 heavy (non-hydrogen) atoms. The average Bonchev–Trinajstić information content (AvgIpc) is 2.97. The molecule has 0 radical (unpaired) electrons.